The van der Waals surface area contributed by atoms with Crippen LogP contribution < -0.4 is 0 Å². The van der Waals surface area contributed by atoms with Crippen molar-refractivity contribution in [1.29, 1.82) is 0 Å². The summed E-state index contributed by atoms with van der Waals surface area (Å²) < 4.78 is 0. The minimum atomic E-state index is 1.12. The summed E-state index contributed by atoms with van der Waals surface area (Å²) in [5.41, 5.74) is 6.92. The first-order chi connectivity index (χ1) is 12.9. The molecule has 0 fully saturated rings. The Kier molecular flexibility index (Phi) is 5.88. The molecule has 1 heterocycles. The number of rotatable bonds is 3. The van der Waals surface area contributed by atoms with Crippen LogP contribution >= 0.6 is 23.3 Å². The van der Waals surface area contributed by atoms with E-state index in [2.05, 4.69) is 91.0 Å². The Morgan fingerprint density at radius 2 is 1.12 bits per heavy atom. The van der Waals surface area contributed by atoms with Gasteiger partial charge in [-0.2, -0.15) is 0 Å². The molecule has 1 aliphatic rings. The maximum Gasteiger partial charge on any atom is 0.0220 e. The molecule has 126 valence electrons. The average Bonchev–Trinajstić information content (AvgIpc) is 2.70. The van der Waals surface area contributed by atoms with E-state index in [0.29, 0.717) is 0 Å². The van der Waals surface area contributed by atoms with Crippen molar-refractivity contribution in [3.8, 4) is 0 Å². The van der Waals surface area contributed by atoms with Crippen molar-refractivity contribution < 1.29 is 0 Å². The SMILES string of the molecule is c1ccc(C2=P/P=P\CC/C(c3ccccc3)=C\2c2ccccc2)cc1. The van der Waals surface area contributed by atoms with E-state index >= 15 is 0 Å². The third-order valence-electron chi connectivity index (χ3n) is 4.44. The zero-order valence-electron chi connectivity index (χ0n) is 14.4. The largest absolute Gasteiger partial charge is 0.0661 e. The first-order valence-corrected chi connectivity index (χ1v) is 13.1. The predicted molar refractivity (Wildman–Crippen MR) is 120 cm³/mol. The molecule has 0 aliphatic carbocycles. The van der Waals surface area contributed by atoms with Crippen LogP contribution in [0.5, 0.6) is 0 Å². The number of allylic oxidation sites excluding steroid dienone is 2. The highest BCUT2D eigenvalue weighted by atomic mass is 32.2. The molecule has 0 radical (unpaired) electrons. The van der Waals surface area contributed by atoms with Crippen LogP contribution in [0.2, 0.25) is 0 Å². The molecule has 0 aromatic heterocycles. The second-order valence-electron chi connectivity index (χ2n) is 6.10. The minimum Gasteiger partial charge on any atom is -0.0661 e. The van der Waals surface area contributed by atoms with Gasteiger partial charge in [-0.15, -0.1) is 0 Å². The standard InChI is InChI=1S/C23H19P3/c1-4-10-18(11-5-1)21-16-17-24-26-25-23(20-14-8-3-9-15-20)22(21)19-12-6-2-7-13-19/h1-15H,16-17H2/b22-21+. The van der Waals surface area contributed by atoms with E-state index in [1.54, 1.807) is 0 Å². The van der Waals surface area contributed by atoms with Gasteiger partial charge in [0.25, 0.3) is 0 Å². The summed E-state index contributed by atoms with van der Waals surface area (Å²) in [6.45, 7) is 0. The Labute approximate surface area is 160 Å². The number of hydrogen-bond acceptors (Lipinski definition) is 0. The number of hydrogen-bond donors (Lipinski definition) is 0. The normalized spacial score (nSPS) is 20.5. The van der Waals surface area contributed by atoms with Crippen LogP contribution in [-0.4, -0.2) is 11.5 Å². The summed E-state index contributed by atoms with van der Waals surface area (Å²) in [5, 5.41) is 1.45. The molecule has 0 saturated carbocycles. The lowest BCUT2D eigenvalue weighted by atomic mass is 9.88. The Morgan fingerprint density at radius 3 is 1.73 bits per heavy atom. The van der Waals surface area contributed by atoms with Crippen molar-refractivity contribution in [1.82, 2.24) is 0 Å². The van der Waals surface area contributed by atoms with Crippen LogP contribution in [0.25, 0.3) is 11.1 Å². The number of benzene rings is 3. The maximum atomic E-state index is 2.26. The summed E-state index contributed by atoms with van der Waals surface area (Å²) in [4.78, 5) is 0. The van der Waals surface area contributed by atoms with E-state index in [0.717, 1.165) is 6.42 Å². The Balaban J connectivity index is 2.01. The van der Waals surface area contributed by atoms with Crippen molar-refractivity contribution in [2.24, 2.45) is 0 Å². The van der Waals surface area contributed by atoms with Crippen molar-refractivity contribution in [3.05, 3.63) is 108 Å². The molecule has 4 rings (SSSR count). The van der Waals surface area contributed by atoms with Gasteiger partial charge in [-0.25, -0.2) is 0 Å². The monoisotopic (exact) mass is 388 g/mol. The summed E-state index contributed by atoms with van der Waals surface area (Å²) in [7, 11) is 4.38. The van der Waals surface area contributed by atoms with Crippen LogP contribution in [0.3, 0.4) is 0 Å². The fourth-order valence-electron chi connectivity index (χ4n) is 3.24. The lowest BCUT2D eigenvalue weighted by Gasteiger charge is -2.20. The van der Waals surface area contributed by atoms with Gasteiger partial charge in [0, 0.05) is 5.29 Å². The lowest BCUT2D eigenvalue weighted by molar-refractivity contribution is 1.26. The van der Waals surface area contributed by atoms with Crippen molar-refractivity contribution in [2.45, 2.75) is 6.42 Å². The van der Waals surface area contributed by atoms with Gasteiger partial charge in [-0.1, -0.05) is 98.9 Å². The molecule has 0 nitrogen and oxygen atoms in total. The summed E-state index contributed by atoms with van der Waals surface area (Å²) in [6.07, 6.45) is 2.34. The molecule has 0 N–H and O–H groups in total. The fraction of sp³-hybridized carbons (Fsp3) is 0.0870. The average molecular weight is 388 g/mol. The molecule has 0 saturated heterocycles. The van der Waals surface area contributed by atoms with Gasteiger partial charge >= 0.3 is 0 Å². The quantitative estimate of drug-likeness (QED) is 0.400. The second-order valence-corrected chi connectivity index (χ2v) is 11.3. The molecule has 0 bridgehead atoms. The van der Waals surface area contributed by atoms with Crippen LogP contribution in [-0.2, 0) is 0 Å². The topological polar surface area (TPSA) is 0 Å². The van der Waals surface area contributed by atoms with Gasteiger partial charge in [-0.3, -0.25) is 0 Å². The van der Waals surface area contributed by atoms with Gasteiger partial charge in [0.1, 0.15) is 0 Å². The molecular weight excluding hydrogens is 369 g/mol. The fourth-order valence-corrected chi connectivity index (χ4v) is 8.29. The molecule has 3 heteroatoms. The molecule has 0 unspecified atom stereocenters. The van der Waals surface area contributed by atoms with Crippen LogP contribution in [0.1, 0.15) is 23.1 Å². The summed E-state index contributed by atoms with van der Waals surface area (Å²) >= 11 is 0. The van der Waals surface area contributed by atoms with E-state index in [-0.39, 0.29) is 0 Å². The van der Waals surface area contributed by atoms with Crippen molar-refractivity contribution >= 4 is 39.8 Å². The molecule has 26 heavy (non-hydrogen) atoms. The van der Waals surface area contributed by atoms with E-state index in [9.17, 15) is 0 Å². The van der Waals surface area contributed by atoms with Crippen LogP contribution in [0, 0.1) is 0 Å². The third-order valence-corrected chi connectivity index (χ3v) is 9.55. The smallest absolute Gasteiger partial charge is 0.0220 e. The van der Waals surface area contributed by atoms with E-state index in [1.165, 1.54) is 62.6 Å². The van der Waals surface area contributed by atoms with Gasteiger partial charge in [0.15, 0.2) is 0 Å². The molecular formula is C23H19P3. The highest BCUT2D eigenvalue weighted by Crippen LogP contribution is 2.43. The van der Waals surface area contributed by atoms with Crippen molar-refractivity contribution in [3.63, 3.8) is 0 Å². The van der Waals surface area contributed by atoms with Gasteiger partial charge in [-0.05, 0) is 55.9 Å². The first kappa shape index (κ1) is 17.6. The van der Waals surface area contributed by atoms with E-state index in [4.69, 9.17) is 0 Å². The second kappa shape index (κ2) is 8.70. The highest BCUT2D eigenvalue weighted by molar-refractivity contribution is 8.24. The molecule has 3 aromatic rings. The van der Waals surface area contributed by atoms with Gasteiger partial charge in [0.2, 0.25) is 0 Å². The zero-order valence-corrected chi connectivity index (χ0v) is 17.1. The third kappa shape index (κ3) is 3.95. The molecule has 0 spiro atoms. The van der Waals surface area contributed by atoms with Crippen molar-refractivity contribution in [2.75, 3.05) is 6.16 Å². The van der Waals surface area contributed by atoms with E-state index in [1.807, 2.05) is 0 Å². The Bertz CT molecular complexity index is 956. The van der Waals surface area contributed by atoms with Crippen LogP contribution in [0.4, 0.5) is 0 Å². The Hall–Kier alpha value is -1.83. The maximum absolute atomic E-state index is 2.26. The molecule has 3 aromatic carbocycles. The highest BCUT2D eigenvalue weighted by Gasteiger charge is 2.18. The summed E-state index contributed by atoms with van der Waals surface area (Å²) in [5.74, 6) is 0. The molecule has 0 atom stereocenters. The molecule has 0 amide bonds. The lowest BCUT2D eigenvalue weighted by Crippen LogP contribution is -2.06. The zero-order chi connectivity index (χ0) is 17.6. The first-order valence-electron chi connectivity index (χ1n) is 8.78. The van der Waals surface area contributed by atoms with E-state index < -0.39 is 0 Å². The predicted octanol–water partition coefficient (Wildman–Crippen LogP) is 7.89. The van der Waals surface area contributed by atoms with Crippen LogP contribution in [0.15, 0.2) is 91.0 Å². The van der Waals surface area contributed by atoms with Gasteiger partial charge in [0.05, 0.1) is 0 Å². The minimum absolute atomic E-state index is 1.12. The Morgan fingerprint density at radius 1 is 0.577 bits per heavy atom. The van der Waals surface area contributed by atoms with Gasteiger partial charge < -0.3 is 0 Å². The molecule has 1 aliphatic heterocycles. The summed E-state index contributed by atoms with van der Waals surface area (Å²) in [6, 6.07) is 32.7.